The number of halogens is 1. The summed E-state index contributed by atoms with van der Waals surface area (Å²) in [5.74, 6) is 0.0284. The molecule has 6 nitrogen and oxygen atoms in total. The molecular formula is C25H25ClN2O4. The van der Waals surface area contributed by atoms with Gasteiger partial charge in [0.15, 0.2) is 6.61 Å². The van der Waals surface area contributed by atoms with Crippen molar-refractivity contribution in [1.29, 1.82) is 0 Å². The number of anilines is 1. The first-order valence-corrected chi connectivity index (χ1v) is 10.5. The third kappa shape index (κ3) is 6.82. The number of hydrogen-bond donors (Lipinski definition) is 1. The summed E-state index contributed by atoms with van der Waals surface area (Å²) in [5.41, 5.74) is 2.59. The van der Waals surface area contributed by atoms with Crippen molar-refractivity contribution in [2.75, 3.05) is 11.9 Å². The summed E-state index contributed by atoms with van der Waals surface area (Å²) in [6.07, 6.45) is 1.41. The molecule has 0 saturated carbocycles. The van der Waals surface area contributed by atoms with Crippen molar-refractivity contribution in [3.63, 3.8) is 0 Å². The number of aromatic nitrogens is 1. The summed E-state index contributed by atoms with van der Waals surface area (Å²) in [6.45, 7) is 6.45. The van der Waals surface area contributed by atoms with Crippen LogP contribution in [0.4, 0.5) is 5.82 Å². The Balaban J connectivity index is 1.46. The molecule has 3 rings (SSSR count). The zero-order valence-corrected chi connectivity index (χ0v) is 19.0. The molecule has 32 heavy (non-hydrogen) atoms. The molecule has 0 aliphatic carbocycles. The van der Waals surface area contributed by atoms with Gasteiger partial charge in [0.2, 0.25) is 0 Å². The topological polar surface area (TPSA) is 77.5 Å². The average molecular weight is 453 g/mol. The normalized spacial score (nSPS) is 11.0. The molecule has 1 aromatic heterocycles. The smallest absolute Gasteiger partial charge is 0.338 e. The van der Waals surface area contributed by atoms with Crippen LogP contribution in [0, 0.1) is 0 Å². The van der Waals surface area contributed by atoms with E-state index in [1.165, 1.54) is 11.8 Å². The second-order valence-electron chi connectivity index (χ2n) is 8.25. The van der Waals surface area contributed by atoms with Crippen molar-refractivity contribution < 1.29 is 19.1 Å². The molecule has 0 unspecified atom stereocenters. The van der Waals surface area contributed by atoms with E-state index in [2.05, 4.69) is 43.2 Å². The molecule has 0 atom stereocenters. The number of rotatable bonds is 7. The molecule has 0 aliphatic heterocycles. The zero-order chi connectivity index (χ0) is 23.1. The number of esters is 1. The summed E-state index contributed by atoms with van der Waals surface area (Å²) in [5, 5.41) is 2.99. The van der Waals surface area contributed by atoms with E-state index >= 15 is 0 Å². The van der Waals surface area contributed by atoms with E-state index in [-0.39, 0.29) is 5.41 Å². The van der Waals surface area contributed by atoms with Crippen molar-refractivity contribution in [1.82, 2.24) is 4.98 Å². The number of amides is 1. The van der Waals surface area contributed by atoms with Crippen LogP contribution in [0.3, 0.4) is 0 Å². The minimum absolute atomic E-state index is 0.0936. The van der Waals surface area contributed by atoms with Gasteiger partial charge < -0.3 is 14.8 Å². The van der Waals surface area contributed by atoms with Crippen LogP contribution in [0.2, 0.25) is 5.02 Å². The first-order chi connectivity index (χ1) is 15.2. The van der Waals surface area contributed by atoms with Gasteiger partial charge in [0, 0.05) is 6.20 Å². The number of carbonyl (C=O) groups excluding carboxylic acids is 2. The van der Waals surface area contributed by atoms with Crippen LogP contribution in [0.25, 0.3) is 0 Å². The summed E-state index contributed by atoms with van der Waals surface area (Å²) in [4.78, 5) is 28.0. The van der Waals surface area contributed by atoms with Crippen LogP contribution in [0.15, 0.2) is 66.9 Å². The molecule has 7 heteroatoms. The van der Waals surface area contributed by atoms with Crippen LogP contribution < -0.4 is 10.1 Å². The van der Waals surface area contributed by atoms with Gasteiger partial charge in [-0.25, -0.2) is 9.78 Å². The van der Waals surface area contributed by atoms with Crippen molar-refractivity contribution in [3.8, 4) is 5.75 Å². The predicted octanol–water partition coefficient (Wildman–Crippen LogP) is 5.41. The second-order valence-corrected chi connectivity index (χ2v) is 8.68. The number of benzene rings is 2. The Hall–Kier alpha value is -3.38. The zero-order valence-electron chi connectivity index (χ0n) is 18.2. The summed E-state index contributed by atoms with van der Waals surface area (Å²) >= 11 is 5.75. The predicted molar refractivity (Wildman–Crippen MR) is 124 cm³/mol. The van der Waals surface area contributed by atoms with Crippen LogP contribution in [0.1, 0.15) is 42.3 Å². The van der Waals surface area contributed by atoms with Crippen LogP contribution in [0.5, 0.6) is 5.75 Å². The lowest BCUT2D eigenvalue weighted by atomic mass is 9.87. The molecule has 0 radical (unpaired) electrons. The van der Waals surface area contributed by atoms with Crippen molar-refractivity contribution in [2.24, 2.45) is 0 Å². The Morgan fingerprint density at radius 1 is 0.969 bits per heavy atom. The number of nitrogens with one attached hydrogen (secondary N) is 1. The monoisotopic (exact) mass is 452 g/mol. The van der Waals surface area contributed by atoms with Gasteiger partial charge in [0.05, 0.1) is 10.6 Å². The fourth-order valence-electron chi connectivity index (χ4n) is 2.80. The first kappa shape index (κ1) is 23.3. The highest BCUT2D eigenvalue weighted by molar-refractivity contribution is 6.30. The molecule has 0 fully saturated rings. The van der Waals surface area contributed by atoms with E-state index in [9.17, 15) is 9.59 Å². The van der Waals surface area contributed by atoms with Gasteiger partial charge in [-0.05, 0) is 52.9 Å². The fourth-order valence-corrected chi connectivity index (χ4v) is 2.91. The lowest BCUT2D eigenvalue weighted by molar-refractivity contribution is -0.119. The molecule has 1 N–H and O–H groups in total. The van der Waals surface area contributed by atoms with Crippen molar-refractivity contribution >= 4 is 29.3 Å². The van der Waals surface area contributed by atoms with Crippen LogP contribution >= 0.6 is 11.6 Å². The van der Waals surface area contributed by atoms with Gasteiger partial charge in [-0.1, -0.05) is 56.6 Å². The molecule has 166 valence electrons. The third-order valence-corrected chi connectivity index (χ3v) is 4.87. The maximum Gasteiger partial charge on any atom is 0.338 e. The van der Waals surface area contributed by atoms with E-state index in [4.69, 9.17) is 21.1 Å². The standard InChI is InChI=1S/C25H25ClN2O4/c1-25(2,3)19-8-11-21(12-9-19)31-15-17-4-6-18(7-5-17)24(30)32-16-23(29)28-22-13-10-20(26)14-27-22/h4-14H,15-16H2,1-3H3,(H,27,28,29). The number of carbonyl (C=O) groups is 2. The molecule has 0 saturated heterocycles. The largest absolute Gasteiger partial charge is 0.489 e. The number of pyridine rings is 1. The Morgan fingerprint density at radius 2 is 1.66 bits per heavy atom. The molecule has 0 spiro atoms. The van der Waals surface area contributed by atoms with E-state index < -0.39 is 18.5 Å². The molecule has 0 aliphatic rings. The van der Waals surface area contributed by atoms with E-state index in [1.54, 1.807) is 36.4 Å². The molecule has 2 aromatic carbocycles. The van der Waals surface area contributed by atoms with Gasteiger partial charge in [-0.3, -0.25) is 4.79 Å². The fraction of sp³-hybridized carbons (Fsp3) is 0.240. The van der Waals surface area contributed by atoms with E-state index in [0.717, 1.165) is 11.3 Å². The van der Waals surface area contributed by atoms with Crippen molar-refractivity contribution in [2.45, 2.75) is 32.8 Å². The maximum atomic E-state index is 12.2. The molecule has 3 aromatic rings. The minimum Gasteiger partial charge on any atom is -0.489 e. The highest BCUT2D eigenvalue weighted by Gasteiger charge is 2.13. The molecule has 0 bridgehead atoms. The highest BCUT2D eigenvalue weighted by atomic mass is 35.5. The summed E-state index contributed by atoms with van der Waals surface area (Å²) in [7, 11) is 0. The number of nitrogens with zero attached hydrogens (tertiary/aromatic N) is 1. The lowest BCUT2D eigenvalue weighted by Crippen LogP contribution is -2.21. The average Bonchev–Trinajstić information content (AvgIpc) is 2.77. The molecular weight excluding hydrogens is 428 g/mol. The van der Waals surface area contributed by atoms with Gasteiger partial charge in [-0.2, -0.15) is 0 Å². The SMILES string of the molecule is CC(C)(C)c1ccc(OCc2ccc(C(=O)OCC(=O)Nc3ccc(Cl)cn3)cc2)cc1. The summed E-state index contributed by atoms with van der Waals surface area (Å²) in [6, 6.07) is 18.1. The highest BCUT2D eigenvalue weighted by Crippen LogP contribution is 2.24. The van der Waals surface area contributed by atoms with E-state index in [0.29, 0.717) is 23.0 Å². The Morgan fingerprint density at radius 3 is 2.25 bits per heavy atom. The number of ether oxygens (including phenoxy) is 2. The van der Waals surface area contributed by atoms with E-state index in [1.807, 2.05) is 12.1 Å². The Bertz CT molecular complexity index is 1060. The van der Waals surface area contributed by atoms with Gasteiger partial charge in [0.1, 0.15) is 18.2 Å². The molecule has 1 amide bonds. The Labute approximate surface area is 192 Å². The van der Waals surface area contributed by atoms with Crippen LogP contribution in [-0.2, 0) is 21.6 Å². The van der Waals surface area contributed by atoms with Gasteiger partial charge in [-0.15, -0.1) is 0 Å². The third-order valence-electron chi connectivity index (χ3n) is 4.64. The second kappa shape index (κ2) is 10.3. The van der Waals surface area contributed by atoms with Crippen molar-refractivity contribution in [3.05, 3.63) is 88.6 Å². The quantitative estimate of drug-likeness (QED) is 0.485. The maximum absolute atomic E-state index is 12.2. The molecule has 1 heterocycles. The first-order valence-electron chi connectivity index (χ1n) is 10.1. The van der Waals surface area contributed by atoms with Crippen LogP contribution in [-0.4, -0.2) is 23.5 Å². The Kier molecular flexibility index (Phi) is 7.49. The minimum atomic E-state index is -0.588. The number of hydrogen-bond acceptors (Lipinski definition) is 5. The summed E-state index contributed by atoms with van der Waals surface area (Å²) < 4.78 is 10.9. The van der Waals surface area contributed by atoms with Gasteiger partial charge >= 0.3 is 5.97 Å². The lowest BCUT2D eigenvalue weighted by Gasteiger charge is -2.19. The van der Waals surface area contributed by atoms with Gasteiger partial charge in [0.25, 0.3) is 5.91 Å².